The van der Waals surface area contributed by atoms with Gasteiger partial charge in [0.15, 0.2) is 0 Å². The molecule has 1 aromatic rings. The molecule has 4 heteroatoms. The van der Waals surface area contributed by atoms with Gasteiger partial charge in [0, 0.05) is 25.4 Å². The molecule has 1 amide bonds. The maximum absolute atomic E-state index is 12.2. The van der Waals surface area contributed by atoms with Gasteiger partial charge in [-0.3, -0.25) is 4.79 Å². The van der Waals surface area contributed by atoms with Crippen LogP contribution in [0.1, 0.15) is 19.4 Å². The minimum atomic E-state index is 0.117. The molecular weight excluding hydrogens is 228 g/mol. The summed E-state index contributed by atoms with van der Waals surface area (Å²) in [6.07, 6.45) is 0.405. The SMILES string of the molecule is COCCN(C(=O)Cc1ccc(N)cc1)C(C)C. The highest BCUT2D eigenvalue weighted by atomic mass is 16.5. The van der Waals surface area contributed by atoms with Gasteiger partial charge in [0.1, 0.15) is 0 Å². The number of nitrogens with two attached hydrogens (primary N) is 1. The molecule has 1 rings (SSSR count). The molecule has 0 aliphatic rings. The van der Waals surface area contributed by atoms with Crippen molar-refractivity contribution in [2.75, 3.05) is 26.0 Å². The fourth-order valence-corrected chi connectivity index (χ4v) is 1.77. The number of rotatable bonds is 6. The molecular formula is C14H22N2O2. The smallest absolute Gasteiger partial charge is 0.227 e. The van der Waals surface area contributed by atoms with Crippen molar-refractivity contribution in [1.29, 1.82) is 0 Å². The van der Waals surface area contributed by atoms with E-state index >= 15 is 0 Å². The molecule has 0 bridgehead atoms. The largest absolute Gasteiger partial charge is 0.399 e. The Morgan fingerprint density at radius 2 is 1.94 bits per heavy atom. The number of amides is 1. The predicted octanol–water partition coefficient (Wildman–Crippen LogP) is 1.69. The Balaban J connectivity index is 2.63. The summed E-state index contributed by atoms with van der Waals surface area (Å²) >= 11 is 0. The van der Waals surface area contributed by atoms with Crippen LogP contribution < -0.4 is 5.73 Å². The Morgan fingerprint density at radius 3 is 2.44 bits per heavy atom. The molecule has 0 heterocycles. The van der Waals surface area contributed by atoms with Crippen molar-refractivity contribution in [3.63, 3.8) is 0 Å². The number of nitrogens with zero attached hydrogens (tertiary/aromatic N) is 1. The van der Waals surface area contributed by atoms with Crippen LogP contribution >= 0.6 is 0 Å². The Hall–Kier alpha value is -1.55. The van der Waals surface area contributed by atoms with E-state index in [2.05, 4.69) is 0 Å². The average Bonchev–Trinajstić information content (AvgIpc) is 2.32. The second kappa shape index (κ2) is 7.01. The van der Waals surface area contributed by atoms with E-state index in [0.29, 0.717) is 25.3 Å². The fraction of sp³-hybridized carbons (Fsp3) is 0.500. The van der Waals surface area contributed by atoms with E-state index in [-0.39, 0.29) is 11.9 Å². The molecule has 0 saturated heterocycles. The fourth-order valence-electron chi connectivity index (χ4n) is 1.77. The maximum Gasteiger partial charge on any atom is 0.227 e. The Labute approximate surface area is 109 Å². The zero-order valence-corrected chi connectivity index (χ0v) is 11.3. The van der Waals surface area contributed by atoms with Crippen LogP contribution in [0, 0.1) is 0 Å². The molecule has 0 aromatic heterocycles. The summed E-state index contributed by atoms with van der Waals surface area (Å²) in [4.78, 5) is 14.0. The van der Waals surface area contributed by atoms with Gasteiger partial charge in [0.2, 0.25) is 5.91 Å². The highest BCUT2D eigenvalue weighted by Gasteiger charge is 2.16. The van der Waals surface area contributed by atoms with Crippen molar-refractivity contribution < 1.29 is 9.53 Å². The van der Waals surface area contributed by atoms with Gasteiger partial charge in [-0.1, -0.05) is 12.1 Å². The number of carbonyl (C=O) groups excluding carboxylic acids is 1. The number of carbonyl (C=O) groups is 1. The third-order valence-electron chi connectivity index (χ3n) is 2.82. The van der Waals surface area contributed by atoms with Crippen molar-refractivity contribution >= 4 is 11.6 Å². The lowest BCUT2D eigenvalue weighted by Gasteiger charge is -2.26. The minimum Gasteiger partial charge on any atom is -0.399 e. The average molecular weight is 250 g/mol. The first kappa shape index (κ1) is 14.5. The van der Waals surface area contributed by atoms with E-state index in [0.717, 1.165) is 5.56 Å². The molecule has 2 N–H and O–H groups in total. The molecule has 0 unspecified atom stereocenters. The molecule has 0 fully saturated rings. The Bertz CT molecular complexity index is 374. The molecule has 4 nitrogen and oxygen atoms in total. The van der Waals surface area contributed by atoms with Gasteiger partial charge >= 0.3 is 0 Å². The topological polar surface area (TPSA) is 55.6 Å². The number of methoxy groups -OCH3 is 1. The third-order valence-corrected chi connectivity index (χ3v) is 2.82. The molecule has 18 heavy (non-hydrogen) atoms. The molecule has 100 valence electrons. The van der Waals surface area contributed by atoms with E-state index in [1.165, 1.54) is 0 Å². The molecule has 0 spiro atoms. The van der Waals surface area contributed by atoms with Crippen LogP contribution in [0.5, 0.6) is 0 Å². The van der Waals surface area contributed by atoms with E-state index in [9.17, 15) is 4.79 Å². The monoisotopic (exact) mass is 250 g/mol. The van der Waals surface area contributed by atoms with Crippen LogP contribution in [0.2, 0.25) is 0 Å². The number of anilines is 1. The zero-order chi connectivity index (χ0) is 13.5. The van der Waals surface area contributed by atoms with Crippen molar-refractivity contribution in [2.45, 2.75) is 26.3 Å². The van der Waals surface area contributed by atoms with Crippen LogP contribution in [0.25, 0.3) is 0 Å². The number of nitrogen functional groups attached to an aromatic ring is 1. The first-order valence-electron chi connectivity index (χ1n) is 6.17. The van der Waals surface area contributed by atoms with Gasteiger partial charge in [0.25, 0.3) is 0 Å². The minimum absolute atomic E-state index is 0.117. The van der Waals surface area contributed by atoms with Gasteiger partial charge in [-0.05, 0) is 31.5 Å². The third kappa shape index (κ3) is 4.37. The van der Waals surface area contributed by atoms with Gasteiger partial charge in [-0.2, -0.15) is 0 Å². The quantitative estimate of drug-likeness (QED) is 0.782. The maximum atomic E-state index is 12.2. The van der Waals surface area contributed by atoms with E-state index in [1.54, 1.807) is 7.11 Å². The second-order valence-electron chi connectivity index (χ2n) is 4.59. The summed E-state index contributed by atoms with van der Waals surface area (Å²) in [6, 6.07) is 7.60. The van der Waals surface area contributed by atoms with Gasteiger partial charge in [-0.25, -0.2) is 0 Å². The standard InChI is InChI=1S/C14H22N2O2/c1-11(2)16(8-9-18-3)14(17)10-12-4-6-13(15)7-5-12/h4-7,11H,8-10,15H2,1-3H3. The Kier molecular flexibility index (Phi) is 5.65. The molecule has 0 aliphatic carbocycles. The summed E-state index contributed by atoms with van der Waals surface area (Å²) in [5.74, 6) is 0.117. The lowest BCUT2D eigenvalue weighted by molar-refractivity contribution is -0.132. The number of hydrogen-bond acceptors (Lipinski definition) is 3. The van der Waals surface area contributed by atoms with Crippen LogP contribution in [-0.4, -0.2) is 37.1 Å². The first-order valence-corrected chi connectivity index (χ1v) is 6.17. The lowest BCUT2D eigenvalue weighted by Crippen LogP contribution is -2.40. The summed E-state index contributed by atoms with van der Waals surface area (Å²) in [5, 5.41) is 0. The predicted molar refractivity (Wildman–Crippen MR) is 73.3 cm³/mol. The molecule has 1 aromatic carbocycles. The van der Waals surface area contributed by atoms with Gasteiger partial charge in [0.05, 0.1) is 13.0 Å². The van der Waals surface area contributed by atoms with Crippen LogP contribution in [-0.2, 0) is 16.0 Å². The van der Waals surface area contributed by atoms with Crippen molar-refractivity contribution in [1.82, 2.24) is 4.90 Å². The number of hydrogen-bond donors (Lipinski definition) is 1. The normalized spacial score (nSPS) is 10.7. The highest BCUT2D eigenvalue weighted by molar-refractivity contribution is 5.79. The van der Waals surface area contributed by atoms with E-state index < -0.39 is 0 Å². The van der Waals surface area contributed by atoms with Crippen molar-refractivity contribution in [3.05, 3.63) is 29.8 Å². The zero-order valence-electron chi connectivity index (χ0n) is 11.3. The summed E-state index contributed by atoms with van der Waals surface area (Å²) in [5.41, 5.74) is 7.32. The number of benzene rings is 1. The highest BCUT2D eigenvalue weighted by Crippen LogP contribution is 2.09. The summed E-state index contributed by atoms with van der Waals surface area (Å²) in [6.45, 7) is 5.21. The van der Waals surface area contributed by atoms with Crippen LogP contribution in [0.3, 0.4) is 0 Å². The first-order chi connectivity index (χ1) is 8.54. The molecule has 0 atom stereocenters. The van der Waals surface area contributed by atoms with E-state index in [4.69, 9.17) is 10.5 Å². The van der Waals surface area contributed by atoms with Crippen molar-refractivity contribution in [3.8, 4) is 0 Å². The molecule has 0 aliphatic heterocycles. The van der Waals surface area contributed by atoms with Crippen molar-refractivity contribution in [2.24, 2.45) is 0 Å². The van der Waals surface area contributed by atoms with E-state index in [1.807, 2.05) is 43.0 Å². The lowest BCUT2D eigenvalue weighted by atomic mass is 10.1. The molecule has 0 radical (unpaired) electrons. The number of ether oxygens (including phenoxy) is 1. The molecule has 0 saturated carbocycles. The summed E-state index contributed by atoms with van der Waals surface area (Å²) in [7, 11) is 1.64. The second-order valence-corrected chi connectivity index (χ2v) is 4.59. The summed E-state index contributed by atoms with van der Waals surface area (Å²) < 4.78 is 5.03. The van der Waals surface area contributed by atoms with Gasteiger partial charge < -0.3 is 15.4 Å². The van der Waals surface area contributed by atoms with Crippen LogP contribution in [0.4, 0.5) is 5.69 Å². The van der Waals surface area contributed by atoms with Crippen LogP contribution in [0.15, 0.2) is 24.3 Å². The Morgan fingerprint density at radius 1 is 1.33 bits per heavy atom. The van der Waals surface area contributed by atoms with Gasteiger partial charge in [-0.15, -0.1) is 0 Å².